The molecule has 3 aromatic rings. The highest BCUT2D eigenvalue weighted by Crippen LogP contribution is 2.27. The zero-order valence-electron chi connectivity index (χ0n) is 12.1. The zero-order valence-corrected chi connectivity index (χ0v) is 12.9. The fourth-order valence-electron chi connectivity index (χ4n) is 1.95. The molecule has 1 N–H and O–H groups in total. The molecular weight excluding hydrogens is 318 g/mol. The molecule has 0 aliphatic rings. The zero-order chi connectivity index (χ0) is 16.2. The quantitative estimate of drug-likeness (QED) is 0.790. The third kappa shape index (κ3) is 3.32. The van der Waals surface area contributed by atoms with Gasteiger partial charge in [-0.05, 0) is 30.3 Å². The van der Waals surface area contributed by atoms with Crippen molar-refractivity contribution in [2.45, 2.75) is 0 Å². The summed E-state index contributed by atoms with van der Waals surface area (Å²) in [7, 11) is 1.53. The lowest BCUT2D eigenvalue weighted by atomic mass is 10.2. The standard InChI is InChI=1S/C16H12ClN3O3/c1-22-11-6-4-5-10(9-11)14(21)18-16-20-19-15(23-16)12-7-2-3-8-13(12)17/h2-9H,1H3,(H,18,20,21). The van der Waals surface area contributed by atoms with Gasteiger partial charge in [0.1, 0.15) is 5.75 Å². The van der Waals surface area contributed by atoms with Crippen LogP contribution in [0.3, 0.4) is 0 Å². The Morgan fingerprint density at radius 1 is 1.17 bits per heavy atom. The van der Waals surface area contributed by atoms with Gasteiger partial charge in [-0.25, -0.2) is 0 Å². The summed E-state index contributed by atoms with van der Waals surface area (Å²) in [6.07, 6.45) is 0. The minimum absolute atomic E-state index is 0.00672. The first-order chi connectivity index (χ1) is 11.2. The van der Waals surface area contributed by atoms with Crippen molar-refractivity contribution in [3.05, 3.63) is 59.1 Å². The van der Waals surface area contributed by atoms with Crippen molar-refractivity contribution in [3.8, 4) is 17.2 Å². The first-order valence-corrected chi connectivity index (χ1v) is 7.09. The van der Waals surface area contributed by atoms with Gasteiger partial charge in [-0.2, -0.15) is 0 Å². The van der Waals surface area contributed by atoms with Crippen LogP contribution >= 0.6 is 11.6 Å². The van der Waals surface area contributed by atoms with E-state index < -0.39 is 0 Å². The van der Waals surface area contributed by atoms with Crippen LogP contribution in [-0.2, 0) is 0 Å². The average Bonchev–Trinajstić information content (AvgIpc) is 3.03. The average molecular weight is 330 g/mol. The second-order valence-corrected chi connectivity index (χ2v) is 4.99. The lowest BCUT2D eigenvalue weighted by molar-refractivity contribution is 0.102. The first kappa shape index (κ1) is 15.1. The number of hydrogen-bond donors (Lipinski definition) is 1. The molecule has 0 atom stereocenters. The normalized spacial score (nSPS) is 10.3. The molecule has 1 heterocycles. The van der Waals surface area contributed by atoms with Crippen molar-refractivity contribution >= 4 is 23.5 Å². The van der Waals surface area contributed by atoms with Gasteiger partial charge in [0.2, 0.25) is 0 Å². The fourth-order valence-corrected chi connectivity index (χ4v) is 2.17. The lowest BCUT2D eigenvalue weighted by Crippen LogP contribution is -2.12. The van der Waals surface area contributed by atoms with Gasteiger partial charge in [0, 0.05) is 5.56 Å². The maximum atomic E-state index is 12.2. The number of amides is 1. The van der Waals surface area contributed by atoms with Crippen molar-refractivity contribution in [1.82, 2.24) is 10.2 Å². The highest BCUT2D eigenvalue weighted by molar-refractivity contribution is 6.33. The molecule has 23 heavy (non-hydrogen) atoms. The predicted octanol–water partition coefficient (Wildman–Crippen LogP) is 3.65. The Kier molecular flexibility index (Phi) is 4.25. The number of methoxy groups -OCH3 is 1. The molecule has 1 aromatic heterocycles. The van der Waals surface area contributed by atoms with E-state index in [9.17, 15) is 4.79 Å². The smallest absolute Gasteiger partial charge is 0.322 e. The van der Waals surface area contributed by atoms with Crippen LogP contribution in [-0.4, -0.2) is 23.2 Å². The molecule has 116 valence electrons. The third-order valence-corrected chi connectivity index (χ3v) is 3.41. The van der Waals surface area contributed by atoms with Crippen LogP contribution in [0.4, 0.5) is 6.01 Å². The predicted molar refractivity (Wildman–Crippen MR) is 85.7 cm³/mol. The SMILES string of the molecule is COc1cccc(C(=O)Nc2nnc(-c3ccccc3Cl)o2)c1. The topological polar surface area (TPSA) is 77.2 Å². The van der Waals surface area contributed by atoms with Crippen molar-refractivity contribution in [2.75, 3.05) is 12.4 Å². The molecule has 0 radical (unpaired) electrons. The summed E-state index contributed by atoms with van der Waals surface area (Å²) < 4.78 is 10.5. The van der Waals surface area contributed by atoms with Crippen molar-refractivity contribution in [3.63, 3.8) is 0 Å². The Hall–Kier alpha value is -2.86. The van der Waals surface area contributed by atoms with Gasteiger partial charge in [0.15, 0.2) is 0 Å². The van der Waals surface area contributed by atoms with E-state index in [4.69, 9.17) is 20.8 Å². The van der Waals surface area contributed by atoms with Gasteiger partial charge in [-0.1, -0.05) is 34.9 Å². The minimum Gasteiger partial charge on any atom is -0.497 e. The van der Waals surface area contributed by atoms with E-state index >= 15 is 0 Å². The Balaban J connectivity index is 1.79. The van der Waals surface area contributed by atoms with Crippen LogP contribution in [0.15, 0.2) is 52.9 Å². The number of benzene rings is 2. The molecule has 0 spiro atoms. The molecule has 3 rings (SSSR count). The van der Waals surface area contributed by atoms with Crippen molar-refractivity contribution in [2.24, 2.45) is 0 Å². The summed E-state index contributed by atoms with van der Waals surface area (Å²) in [6.45, 7) is 0. The van der Waals surface area contributed by atoms with Gasteiger partial charge in [-0.15, -0.1) is 5.10 Å². The molecule has 1 amide bonds. The number of aromatic nitrogens is 2. The third-order valence-electron chi connectivity index (χ3n) is 3.08. The Morgan fingerprint density at radius 2 is 2.00 bits per heavy atom. The van der Waals surface area contributed by atoms with Gasteiger partial charge < -0.3 is 9.15 Å². The molecule has 2 aromatic carbocycles. The molecule has 7 heteroatoms. The van der Waals surface area contributed by atoms with E-state index in [0.717, 1.165) is 0 Å². The summed E-state index contributed by atoms with van der Waals surface area (Å²) in [5, 5.41) is 10.7. The number of ether oxygens (including phenoxy) is 1. The molecule has 0 unspecified atom stereocenters. The summed E-state index contributed by atoms with van der Waals surface area (Å²) in [5.41, 5.74) is 1.02. The number of halogens is 1. The van der Waals surface area contributed by atoms with Gasteiger partial charge >= 0.3 is 6.01 Å². The van der Waals surface area contributed by atoms with Crippen LogP contribution < -0.4 is 10.1 Å². The molecule has 0 aliphatic carbocycles. The first-order valence-electron chi connectivity index (χ1n) is 6.71. The molecule has 0 aliphatic heterocycles. The Labute approximate surface area is 137 Å². The molecule has 6 nitrogen and oxygen atoms in total. The van der Waals surface area contributed by atoms with E-state index in [-0.39, 0.29) is 17.8 Å². The van der Waals surface area contributed by atoms with Crippen molar-refractivity contribution < 1.29 is 13.9 Å². The summed E-state index contributed by atoms with van der Waals surface area (Å²) in [6, 6.07) is 13.8. The van der Waals surface area contributed by atoms with Crippen LogP contribution in [0.2, 0.25) is 5.02 Å². The van der Waals surface area contributed by atoms with Crippen LogP contribution in [0.25, 0.3) is 11.5 Å². The highest BCUT2D eigenvalue weighted by Gasteiger charge is 2.14. The van der Waals surface area contributed by atoms with Gasteiger partial charge in [-0.3, -0.25) is 10.1 Å². The molecule has 0 bridgehead atoms. The number of carbonyl (C=O) groups excluding carboxylic acids is 1. The number of carbonyl (C=O) groups is 1. The minimum atomic E-state index is -0.377. The fraction of sp³-hybridized carbons (Fsp3) is 0.0625. The maximum Gasteiger partial charge on any atom is 0.322 e. The molecular formula is C16H12ClN3O3. The van der Waals surface area contributed by atoms with Gasteiger partial charge in [0.05, 0.1) is 17.7 Å². The Bertz CT molecular complexity index is 848. The summed E-state index contributed by atoms with van der Waals surface area (Å²) >= 11 is 6.07. The van der Waals surface area contributed by atoms with Crippen LogP contribution in [0.5, 0.6) is 5.75 Å². The maximum absolute atomic E-state index is 12.2. The number of hydrogen-bond acceptors (Lipinski definition) is 5. The van der Waals surface area contributed by atoms with E-state index in [1.165, 1.54) is 7.11 Å². The number of nitrogens with one attached hydrogen (secondary N) is 1. The molecule has 0 saturated carbocycles. The monoisotopic (exact) mass is 329 g/mol. The van der Waals surface area contributed by atoms with Crippen LogP contribution in [0, 0.1) is 0 Å². The van der Waals surface area contributed by atoms with E-state index in [1.54, 1.807) is 48.5 Å². The van der Waals surface area contributed by atoms with E-state index in [1.807, 2.05) is 0 Å². The number of nitrogens with zero attached hydrogens (tertiary/aromatic N) is 2. The van der Waals surface area contributed by atoms with Crippen LogP contribution in [0.1, 0.15) is 10.4 Å². The summed E-state index contributed by atoms with van der Waals surface area (Å²) in [4.78, 5) is 12.2. The van der Waals surface area contributed by atoms with Crippen molar-refractivity contribution in [1.29, 1.82) is 0 Å². The number of rotatable bonds is 4. The van der Waals surface area contributed by atoms with E-state index in [0.29, 0.717) is 21.9 Å². The number of anilines is 1. The molecule has 0 saturated heterocycles. The summed E-state index contributed by atoms with van der Waals surface area (Å²) in [5.74, 6) is 0.440. The highest BCUT2D eigenvalue weighted by atomic mass is 35.5. The van der Waals surface area contributed by atoms with Gasteiger partial charge in [0.25, 0.3) is 11.8 Å². The van der Waals surface area contributed by atoms with E-state index in [2.05, 4.69) is 15.5 Å². The second kappa shape index (κ2) is 6.50. The second-order valence-electron chi connectivity index (χ2n) is 4.58. The largest absolute Gasteiger partial charge is 0.497 e. The lowest BCUT2D eigenvalue weighted by Gasteiger charge is -2.03. The Morgan fingerprint density at radius 3 is 2.78 bits per heavy atom. The molecule has 0 fully saturated rings.